The molecule has 0 bridgehead atoms. The normalized spacial score (nSPS) is 10.4. The SMILES string of the molecule is COc1cc(C=O)ccc1OCCCCOc1c(Cl)cc(C)cc1Cl. The van der Waals surface area contributed by atoms with E-state index in [0.29, 0.717) is 46.1 Å². The standard InChI is InChI=1S/C19H20Cl2O4/c1-13-9-15(20)19(16(21)10-13)25-8-4-3-7-24-17-6-5-14(12-22)11-18(17)23-2/h5-6,9-12H,3-4,7-8H2,1-2H3. The van der Waals surface area contributed by atoms with Crippen molar-refractivity contribution in [1.29, 1.82) is 0 Å². The second kappa shape index (κ2) is 9.54. The maximum Gasteiger partial charge on any atom is 0.161 e. The Bertz CT molecular complexity index is 708. The van der Waals surface area contributed by atoms with E-state index in [0.717, 1.165) is 24.7 Å². The highest BCUT2D eigenvalue weighted by Gasteiger charge is 2.09. The van der Waals surface area contributed by atoms with E-state index in [4.69, 9.17) is 37.4 Å². The third-order valence-electron chi connectivity index (χ3n) is 3.51. The van der Waals surface area contributed by atoms with E-state index in [1.165, 1.54) is 0 Å². The van der Waals surface area contributed by atoms with Gasteiger partial charge in [0.1, 0.15) is 6.29 Å². The van der Waals surface area contributed by atoms with Gasteiger partial charge in [0.05, 0.1) is 30.4 Å². The van der Waals surface area contributed by atoms with Gasteiger partial charge in [0.2, 0.25) is 0 Å². The molecular weight excluding hydrogens is 363 g/mol. The zero-order chi connectivity index (χ0) is 18.2. The zero-order valence-electron chi connectivity index (χ0n) is 14.2. The van der Waals surface area contributed by atoms with Gasteiger partial charge in [0.25, 0.3) is 0 Å². The van der Waals surface area contributed by atoms with E-state index >= 15 is 0 Å². The monoisotopic (exact) mass is 382 g/mol. The highest BCUT2D eigenvalue weighted by molar-refractivity contribution is 6.37. The van der Waals surface area contributed by atoms with Crippen molar-refractivity contribution in [2.24, 2.45) is 0 Å². The first-order valence-corrected chi connectivity index (χ1v) is 8.65. The molecule has 0 amide bonds. The predicted octanol–water partition coefficient (Wildman–Crippen LogP) is 5.36. The number of hydrogen-bond donors (Lipinski definition) is 0. The van der Waals surface area contributed by atoms with Crippen molar-refractivity contribution in [3.8, 4) is 17.2 Å². The summed E-state index contributed by atoms with van der Waals surface area (Å²) in [5.74, 6) is 1.67. The minimum absolute atomic E-state index is 0.493. The van der Waals surface area contributed by atoms with Crippen LogP contribution < -0.4 is 14.2 Å². The van der Waals surface area contributed by atoms with Crippen LogP contribution in [0.3, 0.4) is 0 Å². The number of aldehydes is 1. The molecule has 0 unspecified atom stereocenters. The maximum absolute atomic E-state index is 10.8. The second-order valence-corrected chi connectivity index (χ2v) is 6.30. The molecule has 2 aromatic rings. The van der Waals surface area contributed by atoms with E-state index in [-0.39, 0.29) is 0 Å². The van der Waals surface area contributed by atoms with Crippen LogP contribution in [0.5, 0.6) is 17.2 Å². The van der Waals surface area contributed by atoms with Gasteiger partial charge in [-0.15, -0.1) is 0 Å². The van der Waals surface area contributed by atoms with E-state index in [9.17, 15) is 4.79 Å². The third kappa shape index (κ3) is 5.55. The van der Waals surface area contributed by atoms with Crippen LogP contribution in [0.2, 0.25) is 10.0 Å². The Morgan fingerprint density at radius 1 is 0.960 bits per heavy atom. The number of benzene rings is 2. The Balaban J connectivity index is 1.76. The number of methoxy groups -OCH3 is 1. The van der Waals surface area contributed by atoms with Crippen molar-refractivity contribution in [1.82, 2.24) is 0 Å². The molecule has 0 aromatic heterocycles. The van der Waals surface area contributed by atoms with Gasteiger partial charge in [-0.3, -0.25) is 4.79 Å². The van der Waals surface area contributed by atoms with Crippen molar-refractivity contribution >= 4 is 29.5 Å². The summed E-state index contributed by atoms with van der Waals surface area (Å²) in [6.45, 7) is 2.93. The molecule has 0 N–H and O–H groups in total. The molecule has 0 aliphatic carbocycles. The molecule has 134 valence electrons. The Labute approximate surface area is 157 Å². The van der Waals surface area contributed by atoms with Gasteiger partial charge in [-0.2, -0.15) is 0 Å². The summed E-state index contributed by atoms with van der Waals surface area (Å²) in [4.78, 5) is 10.8. The Hall–Kier alpha value is -1.91. The van der Waals surface area contributed by atoms with Crippen LogP contribution in [-0.2, 0) is 0 Å². The first-order valence-electron chi connectivity index (χ1n) is 7.89. The summed E-state index contributed by atoms with van der Waals surface area (Å²) in [5.41, 5.74) is 1.54. The Kier molecular flexibility index (Phi) is 7.41. The smallest absolute Gasteiger partial charge is 0.161 e. The lowest BCUT2D eigenvalue weighted by atomic mass is 10.2. The molecule has 0 spiro atoms. The highest BCUT2D eigenvalue weighted by atomic mass is 35.5. The number of carbonyl (C=O) groups is 1. The third-order valence-corrected chi connectivity index (χ3v) is 4.07. The highest BCUT2D eigenvalue weighted by Crippen LogP contribution is 2.34. The van der Waals surface area contributed by atoms with Crippen LogP contribution >= 0.6 is 23.2 Å². The van der Waals surface area contributed by atoms with Crippen molar-refractivity contribution in [3.05, 3.63) is 51.5 Å². The van der Waals surface area contributed by atoms with Gasteiger partial charge in [0, 0.05) is 5.56 Å². The number of carbonyl (C=O) groups excluding carboxylic acids is 1. The molecule has 2 aromatic carbocycles. The van der Waals surface area contributed by atoms with Gasteiger partial charge in [-0.25, -0.2) is 0 Å². The van der Waals surface area contributed by atoms with Crippen molar-refractivity contribution < 1.29 is 19.0 Å². The molecule has 6 heteroatoms. The Morgan fingerprint density at radius 2 is 1.60 bits per heavy atom. The fourth-order valence-corrected chi connectivity index (χ4v) is 2.97. The summed E-state index contributed by atoms with van der Waals surface area (Å²) in [6, 6.07) is 8.70. The van der Waals surface area contributed by atoms with Gasteiger partial charge in [-0.05, 0) is 55.7 Å². The first kappa shape index (κ1) is 19.4. The van der Waals surface area contributed by atoms with Crippen LogP contribution in [0.1, 0.15) is 28.8 Å². The topological polar surface area (TPSA) is 44.8 Å². The molecule has 0 atom stereocenters. The predicted molar refractivity (Wildman–Crippen MR) is 99.8 cm³/mol. The molecule has 4 nitrogen and oxygen atoms in total. The molecule has 0 heterocycles. The van der Waals surface area contributed by atoms with E-state index in [2.05, 4.69) is 0 Å². The summed E-state index contributed by atoms with van der Waals surface area (Å²) < 4.78 is 16.6. The average Bonchev–Trinajstić information content (AvgIpc) is 2.59. The summed E-state index contributed by atoms with van der Waals surface area (Å²) in [5, 5.41) is 1.03. The van der Waals surface area contributed by atoms with Crippen LogP contribution in [-0.4, -0.2) is 26.6 Å². The lowest BCUT2D eigenvalue weighted by Crippen LogP contribution is -2.04. The summed E-state index contributed by atoms with van der Waals surface area (Å²) in [7, 11) is 1.54. The molecule has 0 aliphatic rings. The molecular formula is C19H20Cl2O4. The van der Waals surface area contributed by atoms with Crippen molar-refractivity contribution in [2.45, 2.75) is 19.8 Å². The Morgan fingerprint density at radius 3 is 2.20 bits per heavy atom. The number of hydrogen-bond acceptors (Lipinski definition) is 4. The van der Waals surface area contributed by atoms with Gasteiger partial charge in [-0.1, -0.05) is 23.2 Å². The maximum atomic E-state index is 10.8. The van der Waals surface area contributed by atoms with Crippen molar-refractivity contribution in [3.63, 3.8) is 0 Å². The lowest BCUT2D eigenvalue weighted by Gasteiger charge is -2.12. The number of halogens is 2. The summed E-state index contributed by atoms with van der Waals surface area (Å²) in [6.07, 6.45) is 2.35. The van der Waals surface area contributed by atoms with Gasteiger partial charge < -0.3 is 14.2 Å². The van der Waals surface area contributed by atoms with Gasteiger partial charge >= 0.3 is 0 Å². The van der Waals surface area contributed by atoms with Crippen molar-refractivity contribution in [2.75, 3.05) is 20.3 Å². The van der Waals surface area contributed by atoms with Crippen LogP contribution in [0.15, 0.2) is 30.3 Å². The second-order valence-electron chi connectivity index (χ2n) is 5.49. The van der Waals surface area contributed by atoms with Crippen LogP contribution in [0.25, 0.3) is 0 Å². The van der Waals surface area contributed by atoms with E-state index in [1.807, 2.05) is 19.1 Å². The van der Waals surface area contributed by atoms with Crippen LogP contribution in [0, 0.1) is 6.92 Å². The molecule has 0 radical (unpaired) electrons. The lowest BCUT2D eigenvalue weighted by molar-refractivity contribution is 0.112. The first-order chi connectivity index (χ1) is 12.0. The molecule has 0 aliphatic heterocycles. The molecule has 0 fully saturated rings. The zero-order valence-corrected chi connectivity index (χ0v) is 15.7. The molecule has 25 heavy (non-hydrogen) atoms. The fourth-order valence-electron chi connectivity index (χ4n) is 2.26. The minimum atomic E-state index is 0.493. The quantitative estimate of drug-likeness (QED) is 0.432. The largest absolute Gasteiger partial charge is 0.493 e. The average molecular weight is 383 g/mol. The number of rotatable bonds is 9. The molecule has 0 saturated carbocycles. The summed E-state index contributed by atoms with van der Waals surface area (Å²) >= 11 is 12.3. The number of ether oxygens (including phenoxy) is 3. The molecule has 0 saturated heterocycles. The van der Waals surface area contributed by atoms with Gasteiger partial charge in [0.15, 0.2) is 17.2 Å². The molecule has 2 rings (SSSR count). The minimum Gasteiger partial charge on any atom is -0.493 e. The number of aryl methyl sites for hydroxylation is 1. The van der Waals surface area contributed by atoms with Crippen LogP contribution in [0.4, 0.5) is 0 Å². The fraction of sp³-hybridized carbons (Fsp3) is 0.316. The number of unbranched alkanes of at least 4 members (excludes halogenated alkanes) is 1. The van der Waals surface area contributed by atoms with E-state index in [1.54, 1.807) is 25.3 Å². The van der Waals surface area contributed by atoms with E-state index < -0.39 is 0 Å².